The summed E-state index contributed by atoms with van der Waals surface area (Å²) < 4.78 is 9.78. The van der Waals surface area contributed by atoms with Gasteiger partial charge >= 0.3 is 11.9 Å². The molecule has 0 atom stereocenters. The van der Waals surface area contributed by atoms with Gasteiger partial charge in [0, 0.05) is 17.0 Å². The van der Waals surface area contributed by atoms with Crippen molar-refractivity contribution < 1.29 is 23.9 Å². The predicted octanol–water partition coefficient (Wildman–Crippen LogP) is 3.83. The van der Waals surface area contributed by atoms with Crippen LogP contribution in [0.1, 0.15) is 39.1 Å². The van der Waals surface area contributed by atoms with E-state index in [0.29, 0.717) is 21.7 Å². The van der Waals surface area contributed by atoms with E-state index in [2.05, 4.69) is 4.74 Å². The Morgan fingerprint density at radius 2 is 1.68 bits per heavy atom. The zero-order valence-electron chi connectivity index (χ0n) is 13.7. The van der Waals surface area contributed by atoms with Crippen LogP contribution < -0.4 is 0 Å². The topological polar surface area (TPSA) is 69.7 Å². The van der Waals surface area contributed by atoms with E-state index >= 15 is 0 Å². The van der Waals surface area contributed by atoms with Crippen molar-refractivity contribution in [2.24, 2.45) is 0 Å². The number of hydrogen-bond acceptors (Lipinski definition) is 5. The van der Waals surface area contributed by atoms with E-state index in [1.807, 2.05) is 0 Å². The molecule has 0 spiro atoms. The first kappa shape index (κ1) is 18.7. The van der Waals surface area contributed by atoms with E-state index in [1.165, 1.54) is 7.11 Å². The molecular weight excluding hydrogens is 344 g/mol. The molecule has 2 aromatic carbocycles. The molecule has 0 saturated carbocycles. The van der Waals surface area contributed by atoms with Gasteiger partial charge in [-0.1, -0.05) is 23.7 Å². The van der Waals surface area contributed by atoms with E-state index in [0.717, 1.165) is 0 Å². The lowest BCUT2D eigenvalue weighted by atomic mass is 10.1. The third-order valence-electron chi connectivity index (χ3n) is 3.47. The Balaban J connectivity index is 1.82. The normalized spacial score (nSPS) is 10.2. The highest BCUT2D eigenvalue weighted by Gasteiger charge is 2.11. The van der Waals surface area contributed by atoms with Crippen LogP contribution in [0.25, 0.3) is 0 Å². The fraction of sp³-hybridized carbons (Fsp3) is 0.211. The molecule has 2 aromatic rings. The molecule has 5 nitrogen and oxygen atoms in total. The summed E-state index contributed by atoms with van der Waals surface area (Å²) in [5.41, 5.74) is 1.55. The zero-order chi connectivity index (χ0) is 18.2. The summed E-state index contributed by atoms with van der Waals surface area (Å²) in [6.45, 7) is 0.0266. The number of hydrogen-bond donors (Lipinski definition) is 0. The minimum atomic E-state index is -0.481. The van der Waals surface area contributed by atoms with Crippen molar-refractivity contribution in [2.75, 3.05) is 7.11 Å². The molecule has 0 aliphatic heterocycles. The van der Waals surface area contributed by atoms with Crippen molar-refractivity contribution in [3.8, 4) is 0 Å². The Morgan fingerprint density at radius 3 is 2.36 bits per heavy atom. The maximum absolute atomic E-state index is 12.0. The number of carbonyl (C=O) groups excluding carboxylic acids is 3. The van der Waals surface area contributed by atoms with Crippen LogP contribution in [0, 0.1) is 0 Å². The molecule has 0 radical (unpaired) electrons. The molecule has 0 bridgehead atoms. The molecule has 0 unspecified atom stereocenters. The van der Waals surface area contributed by atoms with Crippen molar-refractivity contribution in [2.45, 2.75) is 19.4 Å². The second-order valence-corrected chi connectivity index (χ2v) is 5.72. The fourth-order valence-corrected chi connectivity index (χ4v) is 2.26. The second kappa shape index (κ2) is 8.99. The van der Waals surface area contributed by atoms with Gasteiger partial charge in [-0.3, -0.25) is 9.59 Å². The van der Waals surface area contributed by atoms with E-state index in [1.54, 1.807) is 48.5 Å². The molecule has 0 saturated heterocycles. The Morgan fingerprint density at radius 1 is 0.960 bits per heavy atom. The molecule has 0 aliphatic carbocycles. The standard InChI is InChI=1S/C19H17ClO5/c1-24-19(23)15-4-2-3-13(11-15)12-25-18(22)10-9-17(21)14-5-7-16(20)8-6-14/h2-8,11H,9-10,12H2,1H3. The monoisotopic (exact) mass is 360 g/mol. The number of rotatable bonds is 7. The molecule has 25 heavy (non-hydrogen) atoms. The first-order valence-electron chi connectivity index (χ1n) is 7.61. The highest BCUT2D eigenvalue weighted by atomic mass is 35.5. The Kier molecular flexibility index (Phi) is 6.71. The van der Waals surface area contributed by atoms with E-state index < -0.39 is 11.9 Å². The van der Waals surface area contributed by atoms with Crippen molar-refractivity contribution in [1.29, 1.82) is 0 Å². The first-order valence-corrected chi connectivity index (χ1v) is 7.99. The number of carbonyl (C=O) groups is 3. The lowest BCUT2D eigenvalue weighted by Crippen LogP contribution is -2.09. The lowest BCUT2D eigenvalue weighted by molar-refractivity contribution is -0.144. The van der Waals surface area contributed by atoms with Gasteiger partial charge in [0.05, 0.1) is 19.1 Å². The van der Waals surface area contributed by atoms with E-state index in [4.69, 9.17) is 16.3 Å². The van der Waals surface area contributed by atoms with Gasteiger partial charge in [0.2, 0.25) is 0 Å². The van der Waals surface area contributed by atoms with Gasteiger partial charge in [0.25, 0.3) is 0 Å². The summed E-state index contributed by atoms with van der Waals surface area (Å²) in [6.07, 6.45) is 0.0425. The molecule has 0 amide bonds. The molecule has 0 fully saturated rings. The van der Waals surface area contributed by atoms with E-state index in [-0.39, 0.29) is 25.2 Å². The second-order valence-electron chi connectivity index (χ2n) is 5.28. The zero-order valence-corrected chi connectivity index (χ0v) is 14.4. The van der Waals surface area contributed by atoms with Crippen LogP contribution >= 0.6 is 11.6 Å². The number of ether oxygens (including phenoxy) is 2. The van der Waals surface area contributed by atoms with Crippen LogP contribution in [-0.2, 0) is 20.9 Å². The van der Waals surface area contributed by atoms with Crippen molar-refractivity contribution >= 4 is 29.3 Å². The van der Waals surface area contributed by atoms with Crippen LogP contribution in [0.3, 0.4) is 0 Å². The third kappa shape index (κ3) is 5.72. The summed E-state index contributed by atoms with van der Waals surface area (Å²) in [6, 6.07) is 13.1. The Hall–Kier alpha value is -2.66. The summed E-state index contributed by atoms with van der Waals surface area (Å²) >= 11 is 5.77. The van der Waals surface area contributed by atoms with Gasteiger partial charge in [-0.05, 0) is 42.0 Å². The minimum absolute atomic E-state index is 0.0157. The summed E-state index contributed by atoms with van der Waals surface area (Å²) in [5, 5.41) is 0.546. The minimum Gasteiger partial charge on any atom is -0.465 e. The van der Waals surface area contributed by atoms with Crippen LogP contribution in [0.2, 0.25) is 5.02 Å². The number of Topliss-reactive ketones (excluding diaryl/α,β-unsaturated/α-hetero) is 1. The van der Waals surface area contributed by atoms with Crippen LogP contribution in [0.5, 0.6) is 0 Å². The number of esters is 2. The lowest BCUT2D eigenvalue weighted by Gasteiger charge is -2.06. The van der Waals surface area contributed by atoms with Gasteiger partial charge in [-0.2, -0.15) is 0 Å². The predicted molar refractivity (Wildman–Crippen MR) is 92.6 cm³/mol. The van der Waals surface area contributed by atoms with E-state index in [9.17, 15) is 14.4 Å². The maximum atomic E-state index is 12.0. The summed E-state index contributed by atoms with van der Waals surface area (Å²) in [7, 11) is 1.30. The quantitative estimate of drug-likeness (QED) is 0.554. The van der Waals surface area contributed by atoms with Crippen molar-refractivity contribution in [3.63, 3.8) is 0 Å². The van der Waals surface area contributed by atoms with Gasteiger partial charge < -0.3 is 9.47 Å². The van der Waals surface area contributed by atoms with Gasteiger partial charge in [-0.25, -0.2) is 4.79 Å². The van der Waals surface area contributed by atoms with Crippen molar-refractivity contribution in [1.82, 2.24) is 0 Å². The SMILES string of the molecule is COC(=O)c1cccc(COC(=O)CCC(=O)c2ccc(Cl)cc2)c1. The van der Waals surface area contributed by atoms with Gasteiger partial charge in [0.15, 0.2) is 5.78 Å². The van der Waals surface area contributed by atoms with Gasteiger partial charge in [0.1, 0.15) is 6.61 Å². The number of halogens is 1. The highest BCUT2D eigenvalue weighted by Crippen LogP contribution is 2.13. The van der Waals surface area contributed by atoms with Crippen LogP contribution in [0.15, 0.2) is 48.5 Å². The molecule has 130 valence electrons. The average Bonchev–Trinajstić information content (AvgIpc) is 2.64. The average molecular weight is 361 g/mol. The Bertz CT molecular complexity index is 768. The number of benzene rings is 2. The summed E-state index contributed by atoms with van der Waals surface area (Å²) in [4.78, 5) is 35.2. The molecular formula is C19H17ClO5. The smallest absolute Gasteiger partial charge is 0.337 e. The van der Waals surface area contributed by atoms with Crippen LogP contribution in [0.4, 0.5) is 0 Å². The summed E-state index contributed by atoms with van der Waals surface area (Å²) in [5.74, 6) is -1.09. The molecule has 0 aliphatic rings. The molecule has 0 N–H and O–H groups in total. The van der Waals surface area contributed by atoms with Gasteiger partial charge in [-0.15, -0.1) is 0 Å². The molecule has 2 rings (SSSR count). The number of methoxy groups -OCH3 is 1. The third-order valence-corrected chi connectivity index (χ3v) is 3.72. The Labute approximate surface area is 150 Å². The van der Waals surface area contributed by atoms with Crippen LogP contribution in [-0.4, -0.2) is 24.8 Å². The molecule has 6 heteroatoms. The molecule has 0 aromatic heterocycles. The fourth-order valence-electron chi connectivity index (χ4n) is 2.14. The maximum Gasteiger partial charge on any atom is 0.337 e. The first-order chi connectivity index (χ1) is 12.0. The number of ketones is 1. The largest absolute Gasteiger partial charge is 0.465 e. The molecule has 0 heterocycles. The highest BCUT2D eigenvalue weighted by molar-refractivity contribution is 6.30. The van der Waals surface area contributed by atoms with Crippen molar-refractivity contribution in [3.05, 3.63) is 70.2 Å².